The highest BCUT2D eigenvalue weighted by atomic mass is 35.5. The quantitative estimate of drug-likeness (QED) is 0.572. The van der Waals surface area contributed by atoms with Crippen molar-refractivity contribution in [3.8, 4) is 0 Å². The minimum atomic E-state index is -0.666. The lowest BCUT2D eigenvalue weighted by molar-refractivity contribution is -0.139. The maximum absolute atomic E-state index is 13.2. The lowest BCUT2D eigenvalue weighted by Gasteiger charge is -2.40. The Hall–Kier alpha value is -2.78. The minimum Gasteiger partial charge on any atom is -0.463 e. The van der Waals surface area contributed by atoms with Crippen LogP contribution in [0.15, 0.2) is 35.5 Å². The van der Waals surface area contributed by atoms with Crippen LogP contribution < -0.4 is 10.6 Å². The highest BCUT2D eigenvalue weighted by Gasteiger charge is 2.38. The van der Waals surface area contributed by atoms with E-state index in [0.29, 0.717) is 61.1 Å². The number of carbonyl (C=O) groups excluding carboxylic acids is 3. The number of hydrogen-bond acceptors (Lipinski definition) is 5. The Bertz CT molecular complexity index is 943. The monoisotopic (exact) mass is 491 g/mol. The second-order valence-corrected chi connectivity index (χ2v) is 9.07. The van der Waals surface area contributed by atoms with E-state index in [1.54, 1.807) is 34.9 Å². The van der Waals surface area contributed by atoms with Crippen molar-refractivity contribution in [2.75, 3.05) is 45.9 Å². The first-order valence-corrected chi connectivity index (χ1v) is 12.1. The van der Waals surface area contributed by atoms with E-state index in [-0.39, 0.29) is 24.7 Å². The number of ether oxygens (including phenoxy) is 1. The number of nitrogens with zero attached hydrogens (tertiary/aromatic N) is 3. The van der Waals surface area contributed by atoms with Gasteiger partial charge in [0.1, 0.15) is 0 Å². The molecule has 2 N–H and O–H groups in total. The van der Waals surface area contributed by atoms with Crippen molar-refractivity contribution in [3.05, 3.63) is 46.1 Å². The smallest absolute Gasteiger partial charge is 0.338 e. The van der Waals surface area contributed by atoms with Crippen molar-refractivity contribution in [1.82, 2.24) is 25.3 Å². The van der Waals surface area contributed by atoms with Gasteiger partial charge in [0, 0.05) is 56.0 Å². The molecule has 1 fully saturated rings. The summed E-state index contributed by atoms with van der Waals surface area (Å²) in [5.41, 5.74) is 1.74. The lowest BCUT2D eigenvalue weighted by atomic mass is 9.94. The van der Waals surface area contributed by atoms with Gasteiger partial charge in [-0.1, -0.05) is 23.7 Å². The number of carbonyl (C=O) groups is 3. The van der Waals surface area contributed by atoms with Crippen LogP contribution in [0, 0.1) is 0 Å². The van der Waals surface area contributed by atoms with Crippen LogP contribution in [0.4, 0.5) is 9.59 Å². The normalized spacial score (nSPS) is 19.4. The van der Waals surface area contributed by atoms with Gasteiger partial charge in [0.15, 0.2) is 0 Å². The molecule has 186 valence electrons. The van der Waals surface area contributed by atoms with E-state index >= 15 is 0 Å². The number of nitrogens with one attached hydrogen (secondary N) is 2. The van der Waals surface area contributed by atoms with Crippen molar-refractivity contribution < 1.29 is 19.1 Å². The molecule has 2 heterocycles. The van der Waals surface area contributed by atoms with Crippen LogP contribution in [0.5, 0.6) is 0 Å². The van der Waals surface area contributed by atoms with Gasteiger partial charge < -0.3 is 20.3 Å². The summed E-state index contributed by atoms with van der Waals surface area (Å²) in [6.07, 6.45) is 0. The number of amides is 4. The summed E-state index contributed by atoms with van der Waals surface area (Å²) >= 11 is 6.21. The van der Waals surface area contributed by atoms with Gasteiger partial charge in [-0.15, -0.1) is 0 Å². The molecule has 1 atom stereocenters. The first kappa shape index (κ1) is 25.8. The van der Waals surface area contributed by atoms with E-state index in [0.717, 1.165) is 0 Å². The first-order valence-electron chi connectivity index (χ1n) is 11.8. The zero-order chi connectivity index (χ0) is 24.8. The van der Waals surface area contributed by atoms with Crippen LogP contribution in [0.1, 0.15) is 39.3 Å². The third-order valence-electron chi connectivity index (χ3n) is 5.88. The molecule has 2 aliphatic heterocycles. The molecule has 34 heavy (non-hydrogen) atoms. The molecule has 0 radical (unpaired) electrons. The summed E-state index contributed by atoms with van der Waals surface area (Å²) < 4.78 is 5.41. The van der Waals surface area contributed by atoms with Crippen LogP contribution in [0.25, 0.3) is 0 Å². The molecule has 0 aromatic heterocycles. The molecule has 0 bridgehead atoms. The number of rotatable bonds is 7. The number of halogens is 1. The van der Waals surface area contributed by atoms with Crippen LogP contribution in [0.2, 0.25) is 5.02 Å². The van der Waals surface area contributed by atoms with Crippen LogP contribution in [0.3, 0.4) is 0 Å². The summed E-state index contributed by atoms with van der Waals surface area (Å²) in [6, 6.07) is 6.18. The zero-order valence-corrected chi connectivity index (χ0v) is 21.0. The van der Waals surface area contributed by atoms with E-state index in [4.69, 9.17) is 16.3 Å². The van der Waals surface area contributed by atoms with Crippen molar-refractivity contribution in [3.63, 3.8) is 0 Å². The van der Waals surface area contributed by atoms with Gasteiger partial charge in [0.05, 0.1) is 18.2 Å². The fourth-order valence-corrected chi connectivity index (χ4v) is 4.45. The molecule has 3 rings (SSSR count). The van der Waals surface area contributed by atoms with E-state index in [2.05, 4.69) is 15.5 Å². The highest BCUT2D eigenvalue weighted by molar-refractivity contribution is 6.30. The second-order valence-electron chi connectivity index (χ2n) is 8.63. The number of benzene rings is 1. The number of piperazine rings is 1. The van der Waals surface area contributed by atoms with Crippen molar-refractivity contribution in [2.45, 2.75) is 39.8 Å². The second kappa shape index (κ2) is 11.6. The number of likely N-dealkylation sites (N-methyl/N-ethyl adjacent to an activating group) is 1. The van der Waals surface area contributed by atoms with Crippen LogP contribution in [-0.2, 0) is 9.53 Å². The molecule has 0 unspecified atom stereocenters. The third-order valence-corrected chi connectivity index (χ3v) is 6.11. The largest absolute Gasteiger partial charge is 0.463 e. The predicted octanol–water partition coefficient (Wildman–Crippen LogP) is 2.98. The average molecular weight is 492 g/mol. The summed E-state index contributed by atoms with van der Waals surface area (Å²) in [4.78, 5) is 44.1. The zero-order valence-electron chi connectivity index (χ0n) is 20.3. The minimum absolute atomic E-state index is 0.0742. The van der Waals surface area contributed by atoms with E-state index < -0.39 is 12.0 Å². The number of urea groups is 2. The van der Waals surface area contributed by atoms with Crippen LogP contribution in [-0.4, -0.2) is 84.6 Å². The topological polar surface area (TPSA) is 94.2 Å². The molecule has 1 saturated heterocycles. The Balaban J connectivity index is 1.91. The molecular formula is C24H34ClN5O4. The third kappa shape index (κ3) is 6.01. The van der Waals surface area contributed by atoms with Crippen molar-refractivity contribution in [1.29, 1.82) is 0 Å². The van der Waals surface area contributed by atoms with E-state index in [1.807, 2.05) is 26.8 Å². The Morgan fingerprint density at radius 2 is 1.91 bits per heavy atom. The molecule has 0 saturated carbocycles. The van der Waals surface area contributed by atoms with Gasteiger partial charge in [-0.3, -0.25) is 9.80 Å². The summed E-state index contributed by atoms with van der Waals surface area (Å²) in [5, 5.41) is 6.39. The van der Waals surface area contributed by atoms with E-state index in [1.165, 1.54) is 0 Å². The lowest BCUT2D eigenvalue weighted by Crippen LogP contribution is -2.55. The maximum atomic E-state index is 13.2. The molecule has 1 aromatic carbocycles. The fourth-order valence-electron chi connectivity index (χ4n) is 4.25. The molecular weight excluding hydrogens is 458 g/mol. The number of hydrogen-bond donors (Lipinski definition) is 2. The van der Waals surface area contributed by atoms with Crippen molar-refractivity contribution >= 4 is 29.6 Å². The molecule has 9 nitrogen and oxygen atoms in total. The maximum Gasteiger partial charge on any atom is 0.338 e. The molecule has 0 spiro atoms. The molecule has 10 heteroatoms. The van der Waals surface area contributed by atoms with Gasteiger partial charge in [0.25, 0.3) is 0 Å². The first-order chi connectivity index (χ1) is 16.2. The van der Waals surface area contributed by atoms with Gasteiger partial charge in [0.2, 0.25) is 0 Å². The summed E-state index contributed by atoms with van der Waals surface area (Å²) in [5.74, 6) is -0.462. The van der Waals surface area contributed by atoms with Gasteiger partial charge in [-0.2, -0.15) is 0 Å². The standard InChI is InChI=1S/C24H34ClN5O4/c1-5-30-19(15-28-10-12-29(13-11-28)23(32)26-16(3)4)20(22(31)34-6-2)21(27-24(30)33)17-8-7-9-18(25)14-17/h7-9,14,16,21H,5-6,10-13,15H2,1-4H3,(H,26,32)(H,27,33)/t21-/m0/s1. The van der Waals surface area contributed by atoms with Crippen molar-refractivity contribution in [2.24, 2.45) is 0 Å². The van der Waals surface area contributed by atoms with Gasteiger partial charge in [-0.05, 0) is 45.4 Å². The molecule has 1 aromatic rings. The Kier molecular flexibility index (Phi) is 8.79. The fraction of sp³-hybridized carbons (Fsp3) is 0.542. The SMILES string of the molecule is CCOC(=O)C1=C(CN2CCN(C(=O)NC(C)C)CC2)N(CC)C(=O)N[C@H]1c1cccc(Cl)c1. The highest BCUT2D eigenvalue weighted by Crippen LogP contribution is 2.33. The van der Waals surface area contributed by atoms with E-state index in [9.17, 15) is 14.4 Å². The molecule has 2 aliphatic rings. The summed E-state index contributed by atoms with van der Waals surface area (Å²) in [6.45, 7) is 10.9. The van der Waals surface area contributed by atoms with Crippen LogP contribution >= 0.6 is 11.6 Å². The average Bonchev–Trinajstić information content (AvgIpc) is 2.79. The Morgan fingerprint density at radius 3 is 2.50 bits per heavy atom. The molecule has 4 amide bonds. The Morgan fingerprint density at radius 1 is 1.21 bits per heavy atom. The summed E-state index contributed by atoms with van der Waals surface area (Å²) in [7, 11) is 0. The number of esters is 1. The van der Waals surface area contributed by atoms with Gasteiger partial charge in [-0.25, -0.2) is 14.4 Å². The molecule has 0 aliphatic carbocycles. The van der Waals surface area contributed by atoms with Gasteiger partial charge >= 0.3 is 18.0 Å². The Labute approximate surface area is 206 Å². The predicted molar refractivity (Wildman–Crippen MR) is 130 cm³/mol.